The molecular weight excluding hydrogens is 342 g/mol. The molecule has 0 aliphatic heterocycles. The van der Waals surface area contributed by atoms with Crippen LogP contribution in [0.25, 0.3) is 0 Å². The van der Waals surface area contributed by atoms with E-state index in [-0.39, 0.29) is 11.8 Å². The molecule has 146 valence electrons. The predicted molar refractivity (Wildman–Crippen MR) is 108 cm³/mol. The molecule has 7 nitrogen and oxygen atoms in total. The molecule has 0 aliphatic carbocycles. The van der Waals surface area contributed by atoms with Crippen LogP contribution >= 0.6 is 0 Å². The largest absolute Gasteiger partial charge is 0.359 e. The van der Waals surface area contributed by atoms with E-state index in [1.165, 1.54) is 0 Å². The van der Waals surface area contributed by atoms with Gasteiger partial charge in [0.15, 0.2) is 11.7 Å². The molecule has 0 saturated heterocycles. The molecule has 0 spiro atoms. The molecule has 27 heavy (non-hydrogen) atoms. The van der Waals surface area contributed by atoms with Gasteiger partial charge < -0.3 is 20.5 Å². The van der Waals surface area contributed by atoms with E-state index in [4.69, 9.17) is 4.52 Å². The summed E-state index contributed by atoms with van der Waals surface area (Å²) in [5, 5.41) is 13.4. The summed E-state index contributed by atoms with van der Waals surface area (Å²) < 4.78 is 5.32. The lowest BCUT2D eigenvalue weighted by Crippen LogP contribution is -2.36. The van der Waals surface area contributed by atoms with Crippen molar-refractivity contribution in [1.82, 2.24) is 15.8 Å². The quantitative estimate of drug-likeness (QED) is 0.513. The number of hydrogen-bond donors (Lipinski definition) is 3. The lowest BCUT2D eigenvalue weighted by atomic mass is 10.1. The number of carbonyl (C=O) groups excluding carboxylic acids is 1. The van der Waals surface area contributed by atoms with Crippen molar-refractivity contribution in [3.63, 3.8) is 0 Å². The fraction of sp³-hybridized carbons (Fsp3) is 0.450. The number of rotatable bonds is 7. The second-order valence-electron chi connectivity index (χ2n) is 6.99. The standard InChI is InChI=1S/C20H29N5O2/c1-13(2)18-10-17(27-25-18)12-23-20(21-5)22-11-15-6-8-16(9-7-15)24-19(26)14(3)4/h6-10,13-14H,11-12H2,1-5H3,(H,24,26)(H2,21,22,23). The van der Waals surface area contributed by atoms with Gasteiger partial charge in [0.25, 0.3) is 0 Å². The molecule has 0 aliphatic rings. The molecule has 7 heteroatoms. The van der Waals surface area contributed by atoms with Crippen LogP contribution in [0.1, 0.15) is 50.6 Å². The van der Waals surface area contributed by atoms with Gasteiger partial charge in [-0.05, 0) is 23.6 Å². The average Bonchev–Trinajstić information content (AvgIpc) is 3.12. The van der Waals surface area contributed by atoms with Gasteiger partial charge in [0.05, 0.1) is 12.2 Å². The van der Waals surface area contributed by atoms with Gasteiger partial charge in [0, 0.05) is 31.3 Å². The van der Waals surface area contributed by atoms with Crippen LogP contribution in [0.2, 0.25) is 0 Å². The Morgan fingerprint density at radius 1 is 1.11 bits per heavy atom. The van der Waals surface area contributed by atoms with Crippen LogP contribution < -0.4 is 16.0 Å². The second-order valence-corrected chi connectivity index (χ2v) is 6.99. The zero-order valence-corrected chi connectivity index (χ0v) is 16.7. The van der Waals surface area contributed by atoms with E-state index in [1.807, 2.05) is 44.2 Å². The highest BCUT2D eigenvalue weighted by atomic mass is 16.5. The molecule has 2 rings (SSSR count). The smallest absolute Gasteiger partial charge is 0.226 e. The van der Waals surface area contributed by atoms with Crippen LogP contribution in [0.5, 0.6) is 0 Å². The van der Waals surface area contributed by atoms with Crippen molar-refractivity contribution in [2.75, 3.05) is 12.4 Å². The second kappa shape index (κ2) is 9.75. The first-order valence-electron chi connectivity index (χ1n) is 9.18. The third-order valence-corrected chi connectivity index (χ3v) is 4.03. The third kappa shape index (κ3) is 6.44. The number of nitrogens with one attached hydrogen (secondary N) is 3. The summed E-state index contributed by atoms with van der Waals surface area (Å²) in [6.45, 7) is 9.03. The molecular formula is C20H29N5O2. The predicted octanol–water partition coefficient (Wildman–Crippen LogP) is 3.26. The average molecular weight is 371 g/mol. The molecule has 0 unspecified atom stereocenters. The van der Waals surface area contributed by atoms with Crippen molar-refractivity contribution in [2.45, 2.75) is 46.7 Å². The molecule has 0 atom stereocenters. The zero-order valence-electron chi connectivity index (χ0n) is 16.7. The third-order valence-electron chi connectivity index (χ3n) is 4.03. The first-order chi connectivity index (χ1) is 12.9. The normalized spacial score (nSPS) is 11.7. The fourth-order valence-corrected chi connectivity index (χ4v) is 2.25. The van der Waals surface area contributed by atoms with Crippen molar-refractivity contribution in [2.24, 2.45) is 10.9 Å². The Hall–Kier alpha value is -2.83. The fourth-order valence-electron chi connectivity index (χ4n) is 2.25. The zero-order chi connectivity index (χ0) is 19.8. The van der Waals surface area contributed by atoms with Crippen molar-refractivity contribution in [3.8, 4) is 0 Å². The molecule has 1 aromatic heterocycles. The van der Waals surface area contributed by atoms with E-state index in [0.29, 0.717) is 25.0 Å². The van der Waals surface area contributed by atoms with Crippen molar-refractivity contribution < 1.29 is 9.32 Å². The van der Waals surface area contributed by atoms with E-state index in [0.717, 1.165) is 22.7 Å². The molecule has 1 aromatic carbocycles. The number of guanidine groups is 1. The summed E-state index contributed by atoms with van der Waals surface area (Å²) in [5.74, 6) is 1.76. The number of nitrogens with zero attached hydrogens (tertiary/aromatic N) is 2. The Balaban J connectivity index is 1.82. The Morgan fingerprint density at radius 3 is 2.33 bits per heavy atom. The van der Waals surface area contributed by atoms with Gasteiger partial charge >= 0.3 is 0 Å². The van der Waals surface area contributed by atoms with Crippen LogP contribution in [0, 0.1) is 5.92 Å². The lowest BCUT2D eigenvalue weighted by Gasteiger charge is -2.12. The summed E-state index contributed by atoms with van der Waals surface area (Å²) in [5.41, 5.74) is 2.83. The van der Waals surface area contributed by atoms with Gasteiger partial charge in [0.2, 0.25) is 5.91 Å². The van der Waals surface area contributed by atoms with Gasteiger partial charge in [0.1, 0.15) is 0 Å². The van der Waals surface area contributed by atoms with Crippen molar-refractivity contribution >= 4 is 17.6 Å². The summed E-state index contributed by atoms with van der Waals surface area (Å²) >= 11 is 0. The van der Waals surface area contributed by atoms with E-state index in [2.05, 4.69) is 39.9 Å². The number of aliphatic imine (C=N–C) groups is 1. The van der Waals surface area contributed by atoms with Crippen LogP contribution in [-0.4, -0.2) is 24.1 Å². The maximum absolute atomic E-state index is 11.7. The van der Waals surface area contributed by atoms with E-state index in [1.54, 1.807) is 7.05 Å². The topological polar surface area (TPSA) is 91.5 Å². The summed E-state index contributed by atoms with van der Waals surface area (Å²) in [4.78, 5) is 15.9. The minimum absolute atomic E-state index is 0.0125. The highest BCUT2D eigenvalue weighted by molar-refractivity contribution is 5.92. The van der Waals surface area contributed by atoms with Crippen LogP contribution in [0.3, 0.4) is 0 Å². The molecule has 0 saturated carbocycles. The molecule has 2 aromatic rings. The van der Waals surface area contributed by atoms with Gasteiger partial charge in [-0.1, -0.05) is 45.0 Å². The summed E-state index contributed by atoms with van der Waals surface area (Å²) in [6.07, 6.45) is 0. The molecule has 1 amide bonds. The number of amides is 1. The van der Waals surface area contributed by atoms with Gasteiger partial charge in [-0.15, -0.1) is 0 Å². The maximum atomic E-state index is 11.7. The van der Waals surface area contributed by atoms with Crippen LogP contribution in [-0.2, 0) is 17.9 Å². The highest BCUT2D eigenvalue weighted by Gasteiger charge is 2.09. The lowest BCUT2D eigenvalue weighted by molar-refractivity contribution is -0.118. The Kier molecular flexibility index (Phi) is 7.40. The molecule has 1 heterocycles. The van der Waals surface area contributed by atoms with E-state index in [9.17, 15) is 4.79 Å². The molecule has 0 bridgehead atoms. The number of carbonyl (C=O) groups is 1. The minimum atomic E-state index is -0.0401. The summed E-state index contributed by atoms with van der Waals surface area (Å²) in [6, 6.07) is 9.70. The maximum Gasteiger partial charge on any atom is 0.226 e. The van der Waals surface area contributed by atoms with E-state index < -0.39 is 0 Å². The Bertz CT molecular complexity index is 763. The van der Waals surface area contributed by atoms with Crippen molar-refractivity contribution in [1.29, 1.82) is 0 Å². The number of anilines is 1. The molecule has 3 N–H and O–H groups in total. The van der Waals surface area contributed by atoms with Gasteiger partial charge in [-0.25, -0.2) is 0 Å². The summed E-state index contributed by atoms with van der Waals surface area (Å²) in [7, 11) is 1.72. The first kappa shape index (κ1) is 20.5. The molecule has 0 radical (unpaired) electrons. The number of aromatic nitrogens is 1. The van der Waals surface area contributed by atoms with Crippen LogP contribution in [0.4, 0.5) is 5.69 Å². The first-order valence-corrected chi connectivity index (χ1v) is 9.18. The van der Waals surface area contributed by atoms with E-state index >= 15 is 0 Å². The van der Waals surface area contributed by atoms with Crippen LogP contribution in [0.15, 0.2) is 39.8 Å². The Labute approximate surface area is 160 Å². The SMILES string of the molecule is CN=C(NCc1ccc(NC(=O)C(C)C)cc1)NCc1cc(C(C)C)no1. The van der Waals surface area contributed by atoms with Crippen molar-refractivity contribution in [3.05, 3.63) is 47.3 Å². The minimum Gasteiger partial charge on any atom is -0.359 e. The highest BCUT2D eigenvalue weighted by Crippen LogP contribution is 2.14. The number of hydrogen-bond acceptors (Lipinski definition) is 4. The Morgan fingerprint density at radius 2 is 1.78 bits per heavy atom. The monoisotopic (exact) mass is 371 g/mol. The number of benzene rings is 1. The van der Waals surface area contributed by atoms with Gasteiger partial charge in [-0.2, -0.15) is 0 Å². The molecule has 0 fully saturated rings. The van der Waals surface area contributed by atoms with Gasteiger partial charge in [-0.3, -0.25) is 9.79 Å².